The number of rotatable bonds is 3. The van der Waals surface area contributed by atoms with Crippen molar-refractivity contribution in [2.75, 3.05) is 32.1 Å². The Morgan fingerprint density at radius 2 is 2.31 bits per heavy atom. The smallest absolute Gasteiger partial charge is 0.216 e. The largest absolute Gasteiger partial charge is 0.395 e. The van der Waals surface area contributed by atoms with E-state index in [9.17, 15) is 8.42 Å². The highest BCUT2D eigenvalue weighted by atomic mass is 32.2. The zero-order chi connectivity index (χ0) is 9.90. The summed E-state index contributed by atoms with van der Waals surface area (Å²) in [6.07, 6.45) is -0.0535. The number of morpholine rings is 1. The Kier molecular flexibility index (Phi) is 3.66. The zero-order valence-corrected chi connectivity index (χ0v) is 8.46. The van der Waals surface area contributed by atoms with E-state index in [0.717, 1.165) is 0 Å². The van der Waals surface area contributed by atoms with Crippen molar-refractivity contribution >= 4 is 10.0 Å². The van der Waals surface area contributed by atoms with Gasteiger partial charge in [0.25, 0.3) is 0 Å². The van der Waals surface area contributed by atoms with Crippen LogP contribution in [0.3, 0.4) is 0 Å². The Hall–Kier alpha value is -0.170. The minimum Gasteiger partial charge on any atom is -0.395 e. The van der Waals surface area contributed by atoms with Crippen molar-refractivity contribution in [3.05, 3.63) is 0 Å². The summed E-state index contributed by atoms with van der Waals surface area (Å²) in [5, 5.41) is 8.56. The minimum atomic E-state index is -3.26. The molecule has 1 heterocycles. The van der Waals surface area contributed by atoms with Gasteiger partial charge in [-0.2, -0.15) is 4.31 Å². The van der Waals surface area contributed by atoms with Gasteiger partial charge in [0.1, 0.15) is 0 Å². The number of aliphatic hydroxyl groups excluding tert-OH is 1. The second-order valence-electron chi connectivity index (χ2n) is 3.08. The van der Waals surface area contributed by atoms with E-state index in [1.165, 1.54) is 4.31 Å². The van der Waals surface area contributed by atoms with E-state index in [-0.39, 0.29) is 18.5 Å². The second-order valence-corrected chi connectivity index (χ2v) is 5.17. The van der Waals surface area contributed by atoms with Crippen LogP contribution >= 0.6 is 0 Å². The summed E-state index contributed by atoms with van der Waals surface area (Å²) < 4.78 is 29.5. The monoisotopic (exact) mass is 209 g/mol. The number of aliphatic hydroxyl groups is 1. The SMILES string of the molecule is CC1CN(S(=O)(=O)CCO)CCO1. The fourth-order valence-electron chi connectivity index (χ4n) is 1.28. The number of nitrogens with zero attached hydrogens (tertiary/aromatic N) is 1. The standard InChI is InChI=1S/C7H15NO4S/c1-7-6-8(2-4-12-7)13(10,11)5-3-9/h7,9H,2-6H2,1H3. The first-order chi connectivity index (χ1) is 6.06. The third-order valence-electron chi connectivity index (χ3n) is 1.95. The molecule has 0 saturated carbocycles. The molecule has 1 N–H and O–H groups in total. The molecule has 6 heteroatoms. The molecule has 0 aliphatic carbocycles. The van der Waals surface area contributed by atoms with Crippen LogP contribution in [0.4, 0.5) is 0 Å². The molecule has 0 radical (unpaired) electrons. The quantitative estimate of drug-likeness (QED) is 0.649. The van der Waals surface area contributed by atoms with Crippen molar-refractivity contribution in [1.82, 2.24) is 4.31 Å². The number of hydrogen-bond donors (Lipinski definition) is 1. The molecule has 0 bridgehead atoms. The van der Waals surface area contributed by atoms with Crippen LogP contribution in [-0.4, -0.2) is 56.0 Å². The van der Waals surface area contributed by atoms with Gasteiger partial charge in [0.15, 0.2) is 0 Å². The lowest BCUT2D eigenvalue weighted by molar-refractivity contribution is 0.0101. The zero-order valence-electron chi connectivity index (χ0n) is 7.64. The molecule has 1 aliphatic heterocycles. The normalized spacial score (nSPS) is 26.2. The number of sulfonamides is 1. The highest BCUT2D eigenvalue weighted by Crippen LogP contribution is 2.09. The van der Waals surface area contributed by atoms with Crippen LogP contribution in [0.15, 0.2) is 0 Å². The van der Waals surface area contributed by atoms with Gasteiger partial charge in [0.05, 0.1) is 25.1 Å². The molecule has 0 aromatic rings. The van der Waals surface area contributed by atoms with E-state index in [1.807, 2.05) is 6.92 Å². The van der Waals surface area contributed by atoms with E-state index in [2.05, 4.69) is 0 Å². The molecule has 0 amide bonds. The van der Waals surface area contributed by atoms with E-state index >= 15 is 0 Å². The number of ether oxygens (including phenoxy) is 1. The van der Waals surface area contributed by atoms with Crippen molar-refractivity contribution in [3.63, 3.8) is 0 Å². The molecule has 0 aromatic carbocycles. The summed E-state index contributed by atoms with van der Waals surface area (Å²) in [5.74, 6) is -0.195. The van der Waals surface area contributed by atoms with Gasteiger partial charge in [-0.3, -0.25) is 0 Å². The summed E-state index contributed by atoms with van der Waals surface area (Å²) in [4.78, 5) is 0. The number of hydrogen-bond acceptors (Lipinski definition) is 4. The molecule has 1 rings (SSSR count). The molecule has 78 valence electrons. The molecular formula is C7H15NO4S. The Labute approximate surface area is 78.4 Å². The van der Waals surface area contributed by atoms with Gasteiger partial charge in [-0.1, -0.05) is 0 Å². The van der Waals surface area contributed by atoms with Crippen molar-refractivity contribution in [3.8, 4) is 0 Å². The molecular weight excluding hydrogens is 194 g/mol. The molecule has 1 aliphatic rings. The summed E-state index contributed by atoms with van der Waals surface area (Å²) >= 11 is 0. The molecule has 1 unspecified atom stereocenters. The van der Waals surface area contributed by atoms with E-state index in [4.69, 9.17) is 9.84 Å². The first-order valence-electron chi connectivity index (χ1n) is 4.26. The lowest BCUT2D eigenvalue weighted by atomic mass is 10.3. The van der Waals surface area contributed by atoms with Crippen molar-refractivity contribution in [2.24, 2.45) is 0 Å². The maximum atomic E-state index is 11.4. The third-order valence-corrected chi connectivity index (χ3v) is 3.76. The lowest BCUT2D eigenvalue weighted by Gasteiger charge is -2.30. The van der Waals surface area contributed by atoms with Gasteiger partial charge >= 0.3 is 0 Å². The lowest BCUT2D eigenvalue weighted by Crippen LogP contribution is -2.45. The molecule has 0 spiro atoms. The highest BCUT2D eigenvalue weighted by Gasteiger charge is 2.26. The van der Waals surface area contributed by atoms with Crippen LogP contribution in [0.2, 0.25) is 0 Å². The van der Waals surface area contributed by atoms with Crippen molar-refractivity contribution < 1.29 is 18.3 Å². The van der Waals surface area contributed by atoms with Crippen LogP contribution in [0.25, 0.3) is 0 Å². The first kappa shape index (κ1) is 10.9. The summed E-state index contributed by atoms with van der Waals surface area (Å²) in [5.41, 5.74) is 0. The predicted molar refractivity (Wildman–Crippen MR) is 47.9 cm³/mol. The summed E-state index contributed by atoms with van der Waals surface area (Å²) in [6, 6.07) is 0. The minimum absolute atomic E-state index is 0.0535. The van der Waals surface area contributed by atoms with Gasteiger partial charge in [-0.05, 0) is 6.92 Å². The molecule has 1 fully saturated rings. The molecule has 13 heavy (non-hydrogen) atoms. The van der Waals surface area contributed by atoms with E-state index in [0.29, 0.717) is 19.7 Å². The van der Waals surface area contributed by atoms with E-state index in [1.54, 1.807) is 0 Å². The molecule has 1 saturated heterocycles. The summed E-state index contributed by atoms with van der Waals surface area (Å²) in [7, 11) is -3.26. The molecule has 1 atom stereocenters. The Morgan fingerprint density at radius 1 is 1.62 bits per heavy atom. The fourth-order valence-corrected chi connectivity index (χ4v) is 2.56. The fraction of sp³-hybridized carbons (Fsp3) is 1.00. The van der Waals surface area contributed by atoms with Crippen molar-refractivity contribution in [2.45, 2.75) is 13.0 Å². The maximum absolute atomic E-state index is 11.4. The average molecular weight is 209 g/mol. The summed E-state index contributed by atoms with van der Waals surface area (Å²) in [6.45, 7) is 2.73. The molecule has 5 nitrogen and oxygen atoms in total. The van der Waals surface area contributed by atoms with Crippen molar-refractivity contribution in [1.29, 1.82) is 0 Å². The molecule has 0 aromatic heterocycles. The van der Waals surface area contributed by atoms with Gasteiger partial charge < -0.3 is 9.84 Å². The first-order valence-corrected chi connectivity index (χ1v) is 5.87. The Balaban J connectivity index is 2.60. The third kappa shape index (κ3) is 2.91. The maximum Gasteiger partial charge on any atom is 0.216 e. The van der Waals surface area contributed by atoms with Crippen LogP contribution in [0.1, 0.15) is 6.92 Å². The highest BCUT2D eigenvalue weighted by molar-refractivity contribution is 7.89. The Bertz CT molecular complexity index is 251. The van der Waals surface area contributed by atoms with Gasteiger partial charge in [-0.15, -0.1) is 0 Å². The predicted octanol–water partition coefficient (Wildman–Crippen LogP) is -0.971. The van der Waals surface area contributed by atoms with Crippen LogP contribution in [0.5, 0.6) is 0 Å². The average Bonchev–Trinajstić information content (AvgIpc) is 2.04. The van der Waals surface area contributed by atoms with Gasteiger partial charge in [-0.25, -0.2) is 8.42 Å². The van der Waals surface area contributed by atoms with Crippen LogP contribution in [0, 0.1) is 0 Å². The van der Waals surface area contributed by atoms with Gasteiger partial charge in [0, 0.05) is 13.1 Å². The second kappa shape index (κ2) is 4.36. The van der Waals surface area contributed by atoms with E-state index < -0.39 is 10.0 Å². The van der Waals surface area contributed by atoms with Gasteiger partial charge in [0.2, 0.25) is 10.0 Å². The van der Waals surface area contributed by atoms with Crippen LogP contribution < -0.4 is 0 Å². The topological polar surface area (TPSA) is 66.8 Å². The van der Waals surface area contributed by atoms with Crippen LogP contribution in [-0.2, 0) is 14.8 Å². The Morgan fingerprint density at radius 3 is 2.85 bits per heavy atom.